The minimum Gasteiger partial charge on any atom is -0.497 e. The van der Waals surface area contributed by atoms with E-state index < -0.39 is 90.9 Å². The molecule has 9 rings (SSSR count). The molecular formula is C61H60N18O18S7. The van der Waals surface area contributed by atoms with Crippen LogP contribution in [0.1, 0.15) is 47.1 Å². The number of nitrogens with zero attached hydrogens (tertiary/aromatic N) is 15. The first kappa shape index (κ1) is 77.9. The number of nitrogens with one attached hydrogen (secondary N) is 3. The van der Waals surface area contributed by atoms with Crippen LogP contribution in [0.3, 0.4) is 0 Å². The summed E-state index contributed by atoms with van der Waals surface area (Å²) in [6.07, 6.45) is -0.375. The summed E-state index contributed by atoms with van der Waals surface area (Å²) < 4.78 is 180. The monoisotopic (exact) mass is 1560 g/mol. The van der Waals surface area contributed by atoms with Gasteiger partial charge in [-0.25, -0.2) is 4.98 Å². The van der Waals surface area contributed by atoms with Gasteiger partial charge in [0.05, 0.1) is 81.0 Å². The zero-order valence-corrected chi connectivity index (χ0v) is 60.5. The van der Waals surface area contributed by atoms with E-state index in [9.17, 15) is 80.5 Å². The number of aromatic hydroxyl groups is 1. The number of nitriles is 2. The lowest BCUT2D eigenvalue weighted by Crippen LogP contribution is -2.17. The van der Waals surface area contributed by atoms with Crippen LogP contribution in [0.2, 0.25) is 0 Å². The van der Waals surface area contributed by atoms with Crippen LogP contribution in [-0.4, -0.2) is 149 Å². The first-order chi connectivity index (χ1) is 49.1. The number of anilines is 5. The van der Waals surface area contributed by atoms with Gasteiger partial charge in [0.1, 0.15) is 52.0 Å². The SMILES string of the molecule is COc1ccc2c(c1)nc1c(C#N)c(C)c(N=Nc3cc(C)c(N=Nc4cc(Nc5nc(NCCS(=O)(=O)O)nc(Nc6cccc(S(=O)(=O)O)c6)n5)c(N=Nc5cc(C)c(N=Nc6ccccc6C#N)cc5SCCCS(=O)(=O)O)cc4SCCCS(=O)(=O)O)cc3OCCCS(=O)(=O)O)c(O)n12. The minimum atomic E-state index is -4.74. The Morgan fingerprint density at radius 1 is 0.548 bits per heavy atom. The van der Waals surface area contributed by atoms with Gasteiger partial charge in [-0.15, -0.1) is 54.2 Å². The maximum atomic E-state index is 12.2. The van der Waals surface area contributed by atoms with E-state index >= 15 is 0 Å². The summed E-state index contributed by atoms with van der Waals surface area (Å²) in [6.45, 7) is 4.00. The van der Waals surface area contributed by atoms with E-state index in [2.05, 4.69) is 88.9 Å². The van der Waals surface area contributed by atoms with Gasteiger partial charge < -0.3 is 30.5 Å². The fourth-order valence-corrected chi connectivity index (χ4v) is 14.1. The molecule has 3 aromatic heterocycles. The van der Waals surface area contributed by atoms with Gasteiger partial charge in [-0.2, -0.15) is 77.8 Å². The van der Waals surface area contributed by atoms with Crippen molar-refractivity contribution in [3.05, 3.63) is 131 Å². The molecule has 0 radical (unpaired) electrons. The number of aromatic nitrogens is 5. The zero-order valence-electron chi connectivity index (χ0n) is 54.7. The third kappa shape index (κ3) is 21.6. The Kier molecular flexibility index (Phi) is 25.0. The number of fused-ring (bicyclic) bond motifs is 3. The quantitative estimate of drug-likeness (QED) is 0.00798. The van der Waals surface area contributed by atoms with Crippen LogP contribution in [0.5, 0.6) is 17.4 Å². The zero-order chi connectivity index (χ0) is 75.3. The summed E-state index contributed by atoms with van der Waals surface area (Å²) >= 11 is 2.13. The van der Waals surface area contributed by atoms with Crippen molar-refractivity contribution in [2.24, 2.45) is 40.9 Å². The Hall–Kier alpha value is -10.3. The van der Waals surface area contributed by atoms with E-state index in [1.54, 1.807) is 68.4 Å². The van der Waals surface area contributed by atoms with Crippen molar-refractivity contribution in [2.75, 3.05) is 70.7 Å². The minimum absolute atomic E-state index is 0.00610. The summed E-state index contributed by atoms with van der Waals surface area (Å²) in [4.78, 5) is 17.8. The van der Waals surface area contributed by atoms with Crippen LogP contribution >= 0.6 is 23.5 Å². The number of pyridine rings is 1. The molecule has 0 amide bonds. The summed E-state index contributed by atoms with van der Waals surface area (Å²) in [7, 11) is -21.1. The average molecular weight is 1560 g/mol. The highest BCUT2D eigenvalue weighted by molar-refractivity contribution is 7.99. The first-order valence-electron chi connectivity index (χ1n) is 30.2. The molecule has 0 fully saturated rings. The Morgan fingerprint density at radius 2 is 1.11 bits per heavy atom. The molecule has 0 bridgehead atoms. The molecule has 104 heavy (non-hydrogen) atoms. The molecule has 0 aliphatic rings. The predicted octanol–water partition coefficient (Wildman–Crippen LogP) is 13.1. The number of azo groups is 4. The molecule has 0 aliphatic heterocycles. The Bertz CT molecular complexity index is 5640. The van der Waals surface area contributed by atoms with Crippen LogP contribution < -0.4 is 25.4 Å². The number of rotatable bonds is 33. The van der Waals surface area contributed by atoms with Gasteiger partial charge in [0.15, 0.2) is 11.3 Å². The molecule has 9 aromatic rings. The Balaban J connectivity index is 1.21. The van der Waals surface area contributed by atoms with Crippen molar-refractivity contribution in [1.29, 1.82) is 10.5 Å². The highest BCUT2D eigenvalue weighted by Crippen LogP contribution is 2.46. The lowest BCUT2D eigenvalue weighted by atomic mass is 10.1. The van der Waals surface area contributed by atoms with Gasteiger partial charge in [0.2, 0.25) is 23.7 Å². The van der Waals surface area contributed by atoms with E-state index in [1.165, 1.54) is 54.8 Å². The van der Waals surface area contributed by atoms with Crippen molar-refractivity contribution in [3.8, 4) is 29.5 Å². The van der Waals surface area contributed by atoms with Gasteiger partial charge >= 0.3 is 0 Å². The second kappa shape index (κ2) is 33.4. The molecule has 0 saturated heterocycles. The molecule has 43 heteroatoms. The molecule has 0 spiro atoms. The molecule has 36 nitrogen and oxygen atoms in total. The lowest BCUT2D eigenvalue weighted by molar-refractivity contribution is 0.317. The van der Waals surface area contributed by atoms with Crippen molar-refractivity contribution in [2.45, 2.75) is 54.7 Å². The van der Waals surface area contributed by atoms with Crippen LogP contribution in [0.4, 0.5) is 74.7 Å². The van der Waals surface area contributed by atoms with Crippen molar-refractivity contribution in [3.63, 3.8) is 0 Å². The number of benzene rings is 6. The highest BCUT2D eigenvalue weighted by Gasteiger charge is 2.24. The Labute approximate surface area is 602 Å². The number of hydrogen-bond donors (Lipinski definition) is 9. The normalized spacial score (nSPS) is 12.5. The standard InChI is InChI=1S/C61H60N18O18S7/c1-35-25-49(75-78-56-37(3)42(34-63)57-66-48-28-40(96-4)15-16-52(48)79(57)58(56)80)53(97-18-8-21-100(81,82)83)30-44(35)72-77-51-29-46(67-61-69-59(64-17-24-103(90,91)92)68-60(70-61)65-39-12-7-13-41(27-39)104(93,94)95)47(32-55(51)99-20-10-23-102(87,88)89)74-76-50-26-36(2)45(31-54(50)98-19-9-22-101(84,85)86)73-71-43-14-6-5-11-38(43)33-62/h5-7,11-16,25-32,80H,8-10,17-24H2,1-4H3,(H,81,82,83)(H,84,85,86)(H,87,88,89)(H,90,91,92)(H,93,94,95)(H3,64,65,67,68,69,70). The van der Waals surface area contributed by atoms with Crippen molar-refractivity contribution in [1.82, 2.24) is 24.3 Å². The molecule has 0 saturated carbocycles. The van der Waals surface area contributed by atoms with Crippen molar-refractivity contribution >= 4 is 166 Å². The first-order valence-corrected chi connectivity index (χ1v) is 40.1. The number of aryl methyl sites for hydroxylation is 2. The fourth-order valence-electron chi connectivity index (χ4n) is 9.44. The molecule has 0 aliphatic carbocycles. The third-order valence-electron chi connectivity index (χ3n) is 14.4. The number of methoxy groups -OCH3 is 1. The van der Waals surface area contributed by atoms with Crippen LogP contribution in [0.25, 0.3) is 16.7 Å². The van der Waals surface area contributed by atoms with E-state index in [0.29, 0.717) is 38.5 Å². The summed E-state index contributed by atoms with van der Waals surface area (Å²) in [5.41, 5.74) is 2.72. The number of imidazole rings is 1. The predicted molar refractivity (Wildman–Crippen MR) is 385 cm³/mol. The van der Waals surface area contributed by atoms with Crippen LogP contribution in [-0.2, 0) is 50.6 Å². The van der Waals surface area contributed by atoms with Gasteiger partial charge in [0, 0.05) is 39.7 Å². The van der Waals surface area contributed by atoms with Gasteiger partial charge in [-0.1, -0.05) is 18.2 Å². The van der Waals surface area contributed by atoms with E-state index in [1.807, 2.05) is 0 Å². The average Bonchev–Trinajstić information content (AvgIpc) is 1.58. The fraction of sp³-hybridized carbons (Fsp3) is 0.246. The molecule has 0 unspecified atom stereocenters. The smallest absolute Gasteiger partial charge is 0.294 e. The van der Waals surface area contributed by atoms with E-state index in [4.69, 9.17) is 9.47 Å². The molecule has 6 aromatic carbocycles. The molecule has 544 valence electrons. The molecule has 3 heterocycles. The van der Waals surface area contributed by atoms with Gasteiger partial charge in [-0.05, 0) is 135 Å². The lowest BCUT2D eigenvalue weighted by Gasteiger charge is -2.15. The molecule has 9 N–H and O–H groups in total. The third-order valence-corrected chi connectivity index (χ3v) is 20.6. The maximum Gasteiger partial charge on any atom is 0.294 e. The molecule has 0 atom stereocenters. The summed E-state index contributed by atoms with van der Waals surface area (Å²) in [5.74, 6) is -3.79. The number of hydrogen-bond acceptors (Lipinski definition) is 32. The summed E-state index contributed by atoms with van der Waals surface area (Å²) in [6, 6.07) is 29.2. The number of ether oxygens (including phenoxy) is 2. The van der Waals surface area contributed by atoms with E-state index in [-0.39, 0.29) is 139 Å². The molecular weight excluding hydrogens is 1500 g/mol. The maximum absolute atomic E-state index is 12.2. The summed E-state index contributed by atoms with van der Waals surface area (Å²) in [5, 5.41) is 76.5. The topological polar surface area (TPSA) is 549 Å². The van der Waals surface area contributed by atoms with Gasteiger partial charge in [0.25, 0.3) is 50.6 Å². The van der Waals surface area contributed by atoms with Crippen molar-refractivity contribution < 1.29 is 79.4 Å². The Morgan fingerprint density at radius 3 is 1.73 bits per heavy atom. The largest absolute Gasteiger partial charge is 0.497 e. The second-order valence-corrected chi connectivity index (χ2v) is 32.1. The number of thioether (sulfide) groups is 2. The highest BCUT2D eigenvalue weighted by atomic mass is 32.2. The van der Waals surface area contributed by atoms with Crippen LogP contribution in [0, 0.1) is 43.4 Å². The second-order valence-electron chi connectivity index (χ2n) is 22.1. The van der Waals surface area contributed by atoms with Crippen LogP contribution in [0.15, 0.2) is 159 Å². The van der Waals surface area contributed by atoms with E-state index in [0.717, 1.165) is 35.7 Å². The van der Waals surface area contributed by atoms with Gasteiger partial charge in [-0.3, -0.25) is 27.2 Å².